The molecule has 22 heavy (non-hydrogen) atoms. The van der Waals surface area contributed by atoms with Crippen LogP contribution in [-0.2, 0) is 9.47 Å². The molecule has 128 valence electrons. The lowest BCUT2D eigenvalue weighted by molar-refractivity contribution is 0.136. The van der Waals surface area contributed by atoms with Gasteiger partial charge >= 0.3 is 12.2 Å². The molecule has 0 unspecified atom stereocenters. The van der Waals surface area contributed by atoms with Gasteiger partial charge in [-0.3, -0.25) is 0 Å². The fourth-order valence-electron chi connectivity index (χ4n) is 1.64. The molecule has 2 heterocycles. The molecule has 2 rings (SSSR count). The zero-order chi connectivity index (χ0) is 15.1. The predicted molar refractivity (Wildman–Crippen MR) is 86.0 cm³/mol. The van der Waals surface area contributed by atoms with Crippen LogP contribution in [0, 0.1) is 0 Å². The van der Waals surface area contributed by atoms with Gasteiger partial charge < -0.3 is 25.0 Å². The van der Waals surface area contributed by atoms with E-state index in [9.17, 15) is 9.59 Å². The molecule has 0 aromatic rings. The normalized spacial score (nSPS) is 22.3. The van der Waals surface area contributed by atoms with Gasteiger partial charge in [-0.2, -0.15) is 13.5 Å². The first-order chi connectivity index (χ1) is 9.47. The van der Waals surface area contributed by atoms with E-state index in [4.69, 9.17) is 20.7 Å². The van der Waals surface area contributed by atoms with Crippen molar-refractivity contribution in [1.82, 2.24) is 9.80 Å². The molecule has 0 saturated carbocycles. The molecule has 0 radical (unpaired) electrons. The molecule has 0 bridgehead atoms. The van der Waals surface area contributed by atoms with E-state index in [0.29, 0.717) is 19.6 Å². The van der Waals surface area contributed by atoms with Crippen LogP contribution in [0.3, 0.4) is 0 Å². The van der Waals surface area contributed by atoms with Gasteiger partial charge in [-0.1, -0.05) is 12.5 Å². The van der Waals surface area contributed by atoms with Crippen LogP contribution < -0.4 is 5.73 Å². The zero-order valence-corrected chi connectivity index (χ0v) is 12.9. The summed E-state index contributed by atoms with van der Waals surface area (Å²) >= 11 is 0. The molecule has 2 amide bonds. The highest BCUT2D eigenvalue weighted by Gasteiger charge is 2.27. The topological polar surface area (TPSA) is 134 Å². The second kappa shape index (κ2) is 10.8. The average Bonchev–Trinajstić information content (AvgIpc) is 2.91. The van der Waals surface area contributed by atoms with Crippen LogP contribution in [0.5, 0.6) is 0 Å². The molecule has 0 aliphatic carbocycles. The molecule has 0 aromatic carbocycles. The summed E-state index contributed by atoms with van der Waals surface area (Å²) in [6.07, 6.45) is -1.00. The Morgan fingerprint density at radius 3 is 1.95 bits per heavy atom. The van der Waals surface area contributed by atoms with Crippen LogP contribution in [-0.4, -0.2) is 74.5 Å². The highest BCUT2D eigenvalue weighted by Crippen LogP contribution is 2.08. The Morgan fingerprint density at radius 2 is 1.68 bits per heavy atom. The number of hydrogen-bond acceptors (Lipinski definition) is 6. The van der Waals surface area contributed by atoms with Gasteiger partial charge in [0.1, 0.15) is 12.2 Å². The lowest BCUT2D eigenvalue weighted by Gasteiger charge is -2.01. The molecular weight excluding hydrogens is 312 g/mol. The van der Waals surface area contributed by atoms with Crippen molar-refractivity contribution >= 4 is 25.7 Å². The fraction of sp³-hybridized carbons (Fsp3) is 0.818. The molecule has 2 aliphatic heterocycles. The van der Waals surface area contributed by atoms with E-state index in [0.717, 1.165) is 0 Å². The van der Waals surface area contributed by atoms with Crippen LogP contribution in [0.2, 0.25) is 0 Å². The number of carbonyl (C=O) groups is 2. The maximum Gasteiger partial charge on any atom is 0.410 e. The van der Waals surface area contributed by atoms with Crippen molar-refractivity contribution in [3.05, 3.63) is 10.4 Å². The molecule has 0 spiro atoms. The number of cyclic esters (lactones) is 2. The Labute approximate surface area is 136 Å². The lowest BCUT2D eigenvalue weighted by Crippen LogP contribution is -2.24. The first-order valence-corrected chi connectivity index (χ1v) is 6.02. The summed E-state index contributed by atoms with van der Waals surface area (Å²) in [6, 6.07) is 0. The number of carbonyl (C=O) groups excluding carboxylic acids is 2. The summed E-state index contributed by atoms with van der Waals surface area (Å²) in [4.78, 5) is 26.8. The summed E-state index contributed by atoms with van der Waals surface area (Å²) in [5, 5.41) is 3.30. The Balaban J connectivity index is 0. The van der Waals surface area contributed by atoms with Gasteiger partial charge in [0.25, 0.3) is 0 Å². The van der Waals surface area contributed by atoms with E-state index in [1.165, 1.54) is 9.80 Å². The number of nitrogens with two attached hydrogens (primary N) is 1. The Hall–Kier alpha value is -1.84. The summed E-state index contributed by atoms with van der Waals surface area (Å²) in [7, 11) is 3.33. The van der Waals surface area contributed by atoms with Gasteiger partial charge in [-0.15, -0.1) is 0 Å². The van der Waals surface area contributed by atoms with Crippen molar-refractivity contribution in [3.8, 4) is 0 Å². The molecule has 2 fully saturated rings. The summed E-state index contributed by atoms with van der Waals surface area (Å²) in [5.74, 6) is 0. The van der Waals surface area contributed by atoms with E-state index in [-0.39, 0.29) is 51.9 Å². The smallest absolute Gasteiger partial charge is 0.410 e. The maximum absolute atomic E-state index is 10.7. The van der Waals surface area contributed by atoms with E-state index in [2.05, 4.69) is 10.0 Å². The summed E-state index contributed by atoms with van der Waals surface area (Å²) in [6.45, 7) is 1.75. The minimum absolute atomic E-state index is 0. The van der Waals surface area contributed by atoms with Crippen LogP contribution in [0.15, 0.2) is 5.11 Å². The summed E-state index contributed by atoms with van der Waals surface area (Å²) in [5.41, 5.74) is 13.2. The van der Waals surface area contributed by atoms with Gasteiger partial charge in [0.05, 0.1) is 19.6 Å². The van der Waals surface area contributed by atoms with Crippen molar-refractivity contribution in [2.24, 2.45) is 10.8 Å². The Kier molecular flexibility index (Phi) is 11.0. The second-order valence-electron chi connectivity index (χ2n) is 4.42. The molecule has 11 heteroatoms. The van der Waals surface area contributed by atoms with E-state index in [1.807, 2.05) is 0 Å². The van der Waals surface area contributed by atoms with Gasteiger partial charge in [0, 0.05) is 25.6 Å². The Bertz CT molecular complexity index is 415. The highest BCUT2D eigenvalue weighted by atomic mass is 32.1. The van der Waals surface area contributed by atoms with Crippen molar-refractivity contribution in [3.63, 3.8) is 0 Å². The largest absolute Gasteiger partial charge is 0.444 e. The second-order valence-corrected chi connectivity index (χ2v) is 4.42. The van der Waals surface area contributed by atoms with Crippen LogP contribution in [0.25, 0.3) is 10.4 Å². The standard InChI is InChI=1S/C5H8N4O2.C5H10N2O2.CH4.H2S/c1-9-3-4(2-7-8-6)11-5(9)10;1-7-3-4(2-6)9-5(7)8;;/h4H,2-3H2,1H3;4H,2-3,6H2,1H3;1H4;1H2/t2*4-;;/m11../s1. The quantitative estimate of drug-likeness (QED) is 0.464. The minimum Gasteiger partial charge on any atom is -0.444 e. The first kappa shape index (κ1) is 22.4. The van der Waals surface area contributed by atoms with Crippen molar-refractivity contribution in [2.75, 3.05) is 40.3 Å². The number of likely N-dealkylation sites (N-methyl/N-ethyl adjacent to an activating group) is 2. The van der Waals surface area contributed by atoms with E-state index < -0.39 is 0 Å². The zero-order valence-electron chi connectivity index (χ0n) is 11.9. The monoisotopic (exact) mass is 336 g/mol. The molecule has 0 aromatic heterocycles. The van der Waals surface area contributed by atoms with Crippen molar-refractivity contribution < 1.29 is 19.1 Å². The van der Waals surface area contributed by atoms with Crippen LogP contribution in [0.4, 0.5) is 9.59 Å². The van der Waals surface area contributed by atoms with E-state index in [1.54, 1.807) is 14.1 Å². The van der Waals surface area contributed by atoms with Gasteiger partial charge in [0.15, 0.2) is 0 Å². The van der Waals surface area contributed by atoms with Crippen LogP contribution >= 0.6 is 13.5 Å². The number of hydrogen-bond donors (Lipinski definition) is 1. The van der Waals surface area contributed by atoms with Crippen molar-refractivity contribution in [1.29, 1.82) is 0 Å². The highest BCUT2D eigenvalue weighted by molar-refractivity contribution is 7.59. The third kappa shape index (κ3) is 6.74. The van der Waals surface area contributed by atoms with Gasteiger partial charge in [-0.05, 0) is 5.53 Å². The molecule has 2 saturated heterocycles. The predicted octanol–water partition coefficient (Wildman–Crippen LogP) is 0.892. The van der Waals surface area contributed by atoms with Gasteiger partial charge in [-0.25, -0.2) is 9.59 Å². The molecule has 2 atom stereocenters. The van der Waals surface area contributed by atoms with Crippen molar-refractivity contribution in [2.45, 2.75) is 19.6 Å². The number of azide groups is 1. The number of nitrogens with zero attached hydrogens (tertiary/aromatic N) is 5. The first-order valence-electron chi connectivity index (χ1n) is 6.02. The van der Waals surface area contributed by atoms with Gasteiger partial charge in [0.2, 0.25) is 0 Å². The SMILES string of the molecule is C.CN1C[C@@H](CN)OC1=O.CN1C[C@@H](CN=[N+]=[N-])OC1=O.S. The van der Waals surface area contributed by atoms with Crippen LogP contribution in [0.1, 0.15) is 7.43 Å². The lowest BCUT2D eigenvalue weighted by atomic mass is 10.4. The van der Waals surface area contributed by atoms with E-state index >= 15 is 0 Å². The minimum atomic E-state index is -0.358. The molecular formula is C11H24N6O4S. The summed E-state index contributed by atoms with van der Waals surface area (Å²) < 4.78 is 9.58. The number of amides is 2. The third-order valence-electron chi connectivity index (χ3n) is 2.72. The average molecular weight is 336 g/mol. The number of rotatable bonds is 3. The molecule has 2 N–H and O–H groups in total. The third-order valence-corrected chi connectivity index (χ3v) is 2.72. The molecule has 2 aliphatic rings. The Morgan fingerprint density at radius 1 is 1.23 bits per heavy atom. The maximum atomic E-state index is 10.7. The fourth-order valence-corrected chi connectivity index (χ4v) is 1.64. The number of ether oxygens (including phenoxy) is 2. The molecule has 10 nitrogen and oxygen atoms in total.